The molecule has 0 unspecified atom stereocenters. The van der Waals surface area contributed by atoms with Crippen molar-refractivity contribution in [1.29, 1.82) is 0 Å². The second-order valence-electron chi connectivity index (χ2n) is 11.4. The molecule has 4 atom stereocenters. The summed E-state index contributed by atoms with van der Waals surface area (Å²) < 4.78 is 0. The third kappa shape index (κ3) is 9.32. The zero-order chi connectivity index (χ0) is 34.8. The Morgan fingerprint density at radius 1 is 0.729 bits per heavy atom. The summed E-state index contributed by atoms with van der Waals surface area (Å²) in [6.07, 6.45) is 3.11. The molecule has 0 aliphatic rings. The lowest BCUT2D eigenvalue weighted by molar-refractivity contribution is -0.142. The number of aromatic nitrogens is 2. The molecule has 254 valence electrons. The second-order valence-corrected chi connectivity index (χ2v) is 11.4. The molecule has 48 heavy (non-hydrogen) atoms. The van der Waals surface area contributed by atoms with Gasteiger partial charge < -0.3 is 54.0 Å². The summed E-state index contributed by atoms with van der Waals surface area (Å²) in [5.74, 6) is -4.77. The van der Waals surface area contributed by atoms with E-state index in [9.17, 15) is 29.1 Å². The number of H-pyrrole nitrogens is 2. The molecule has 4 aromatic rings. The Morgan fingerprint density at radius 2 is 1.25 bits per heavy atom. The van der Waals surface area contributed by atoms with Gasteiger partial charge in [0.05, 0.1) is 12.5 Å². The van der Waals surface area contributed by atoms with Gasteiger partial charge in [-0.25, -0.2) is 4.79 Å². The van der Waals surface area contributed by atoms with Crippen molar-refractivity contribution in [3.05, 3.63) is 72.1 Å². The molecule has 2 heterocycles. The molecule has 4 rings (SSSR count). The molecule has 0 saturated heterocycles. The number of carbonyl (C=O) groups is 5. The Morgan fingerprint density at radius 3 is 1.81 bits per heavy atom. The number of benzene rings is 2. The minimum absolute atomic E-state index is 0.00884. The maximum Gasteiger partial charge on any atom is 0.326 e. The van der Waals surface area contributed by atoms with Crippen molar-refractivity contribution in [1.82, 2.24) is 25.9 Å². The Hall–Kier alpha value is -5.90. The van der Waals surface area contributed by atoms with Gasteiger partial charge in [0.2, 0.25) is 23.6 Å². The van der Waals surface area contributed by atoms with E-state index in [1.807, 2.05) is 48.5 Å². The first-order valence-corrected chi connectivity index (χ1v) is 15.3. The molecule has 2 aromatic carbocycles. The minimum atomic E-state index is -1.47. The van der Waals surface area contributed by atoms with Crippen molar-refractivity contribution in [3.8, 4) is 0 Å². The van der Waals surface area contributed by atoms with E-state index in [2.05, 4.69) is 30.9 Å². The first-order valence-electron chi connectivity index (χ1n) is 15.3. The maximum absolute atomic E-state index is 13.5. The standard InChI is InChI=1S/C32H40N10O6/c33-21(12-17-15-38-22-8-3-1-6-19(17)22)28(44)41-25(14-27(34)43)30(46)40-24(10-5-11-37-32(35)36)29(45)42-26(31(47)48)13-18-16-39-23-9-4-2-7-20(18)23/h1-4,6-9,15-16,21,24-26,38-39H,5,10-14,33H2,(H2,34,43)(H,40,46)(H,41,44)(H,42,45)(H,47,48)(H4,35,36,37)/t21-,24-,25-,26-/m0/s1. The zero-order valence-corrected chi connectivity index (χ0v) is 26.1. The smallest absolute Gasteiger partial charge is 0.326 e. The van der Waals surface area contributed by atoms with Gasteiger partial charge >= 0.3 is 5.97 Å². The van der Waals surface area contributed by atoms with Crippen LogP contribution < -0.4 is 38.9 Å². The lowest BCUT2D eigenvalue weighted by Gasteiger charge is -2.25. The number of nitrogens with zero attached hydrogens (tertiary/aromatic N) is 1. The van der Waals surface area contributed by atoms with Gasteiger partial charge in [0.15, 0.2) is 5.96 Å². The number of aliphatic carboxylic acids is 1. The van der Waals surface area contributed by atoms with Crippen molar-refractivity contribution in [2.45, 2.75) is 56.3 Å². The van der Waals surface area contributed by atoms with Crippen molar-refractivity contribution < 1.29 is 29.1 Å². The summed E-state index contributed by atoms with van der Waals surface area (Å²) in [5.41, 5.74) is 25.5. The molecule has 0 aliphatic heterocycles. The summed E-state index contributed by atoms with van der Waals surface area (Å²) in [5, 5.41) is 19.1. The van der Waals surface area contributed by atoms with Crippen LogP contribution in [0.25, 0.3) is 21.8 Å². The van der Waals surface area contributed by atoms with Crippen LogP contribution >= 0.6 is 0 Å². The van der Waals surface area contributed by atoms with Crippen LogP contribution in [-0.2, 0) is 36.8 Å². The van der Waals surface area contributed by atoms with Crippen molar-refractivity contribution in [2.24, 2.45) is 27.9 Å². The molecule has 2 aromatic heterocycles. The Labute approximate surface area is 275 Å². The lowest BCUT2D eigenvalue weighted by atomic mass is 10.0. The number of hydrogen-bond acceptors (Lipinski definition) is 7. The molecule has 16 nitrogen and oxygen atoms in total. The predicted octanol–water partition coefficient (Wildman–Crippen LogP) is -0.770. The van der Waals surface area contributed by atoms with Gasteiger partial charge in [-0.1, -0.05) is 36.4 Å². The first kappa shape index (κ1) is 35.0. The number of para-hydroxylation sites is 2. The number of fused-ring (bicyclic) bond motifs is 2. The number of hydrogen-bond donors (Lipinski definition) is 10. The van der Waals surface area contributed by atoms with E-state index >= 15 is 0 Å². The number of nitrogens with one attached hydrogen (secondary N) is 5. The molecule has 0 fully saturated rings. The third-order valence-electron chi connectivity index (χ3n) is 7.78. The van der Waals surface area contributed by atoms with Gasteiger partial charge in [0.25, 0.3) is 0 Å². The van der Waals surface area contributed by atoms with E-state index in [1.54, 1.807) is 12.4 Å². The highest BCUT2D eigenvalue weighted by atomic mass is 16.4. The van der Waals surface area contributed by atoms with Crippen LogP contribution in [0.5, 0.6) is 0 Å². The van der Waals surface area contributed by atoms with Crippen molar-refractivity contribution in [2.75, 3.05) is 6.54 Å². The number of aromatic amines is 2. The fraction of sp³-hybridized carbons (Fsp3) is 0.312. The van der Waals surface area contributed by atoms with Gasteiger partial charge in [0.1, 0.15) is 18.1 Å². The Balaban J connectivity index is 1.47. The van der Waals surface area contributed by atoms with Crippen LogP contribution in [0.3, 0.4) is 0 Å². The van der Waals surface area contributed by atoms with Crippen LogP contribution in [0.15, 0.2) is 65.9 Å². The van der Waals surface area contributed by atoms with Crippen molar-refractivity contribution >= 4 is 57.4 Å². The van der Waals surface area contributed by atoms with Crippen LogP contribution in [-0.4, -0.2) is 81.3 Å². The maximum atomic E-state index is 13.5. The number of carboxylic acids is 1. The summed E-state index contributed by atoms with van der Waals surface area (Å²) in [4.78, 5) is 74.2. The zero-order valence-electron chi connectivity index (χ0n) is 26.1. The molecule has 16 heteroatoms. The van der Waals surface area contributed by atoms with Gasteiger partial charge in [-0.2, -0.15) is 0 Å². The number of amides is 4. The number of carboxylic acid groups (broad SMARTS) is 1. The van der Waals surface area contributed by atoms with E-state index in [0.29, 0.717) is 5.56 Å². The second kappa shape index (κ2) is 16.1. The molecule has 0 saturated carbocycles. The summed E-state index contributed by atoms with van der Waals surface area (Å²) in [6, 6.07) is 9.58. The van der Waals surface area contributed by atoms with E-state index in [1.165, 1.54) is 0 Å². The van der Waals surface area contributed by atoms with E-state index in [0.717, 1.165) is 27.4 Å². The third-order valence-corrected chi connectivity index (χ3v) is 7.78. The number of carbonyl (C=O) groups excluding carboxylic acids is 4. The number of guanidine groups is 1. The molecule has 0 aliphatic carbocycles. The molecule has 4 amide bonds. The number of primary amides is 1. The largest absolute Gasteiger partial charge is 0.480 e. The van der Waals surface area contributed by atoms with E-state index < -0.39 is 60.2 Å². The lowest BCUT2D eigenvalue weighted by Crippen LogP contribution is -2.58. The number of aliphatic imine (C=N–C) groups is 1. The van der Waals surface area contributed by atoms with Crippen LogP contribution in [0, 0.1) is 0 Å². The number of nitrogens with two attached hydrogens (primary N) is 4. The molecular weight excluding hydrogens is 620 g/mol. The van der Waals surface area contributed by atoms with E-state index in [-0.39, 0.29) is 38.2 Å². The van der Waals surface area contributed by atoms with Gasteiger partial charge in [-0.15, -0.1) is 0 Å². The molecule has 0 radical (unpaired) electrons. The minimum Gasteiger partial charge on any atom is -0.480 e. The molecular formula is C32H40N10O6. The van der Waals surface area contributed by atoms with Crippen LogP contribution in [0.4, 0.5) is 0 Å². The van der Waals surface area contributed by atoms with Gasteiger partial charge in [-0.05, 0) is 42.5 Å². The molecule has 14 N–H and O–H groups in total. The van der Waals surface area contributed by atoms with Gasteiger partial charge in [0, 0.05) is 47.2 Å². The van der Waals surface area contributed by atoms with E-state index in [4.69, 9.17) is 22.9 Å². The average molecular weight is 661 g/mol. The SMILES string of the molecule is NC(=O)C[C@H](NC(=O)[C@@H](N)Cc1c[nH]c2ccccc12)C(=O)N[C@@H](CCCN=C(N)N)C(=O)N[C@@H](Cc1c[nH]c2ccccc12)C(=O)O. The van der Waals surface area contributed by atoms with Crippen molar-refractivity contribution in [3.63, 3.8) is 0 Å². The molecule has 0 spiro atoms. The highest BCUT2D eigenvalue weighted by Crippen LogP contribution is 2.20. The topological polar surface area (TPSA) is 290 Å². The summed E-state index contributed by atoms with van der Waals surface area (Å²) >= 11 is 0. The predicted molar refractivity (Wildman–Crippen MR) is 179 cm³/mol. The summed E-state index contributed by atoms with van der Waals surface area (Å²) in [6.45, 7) is 0.115. The fourth-order valence-electron chi connectivity index (χ4n) is 5.36. The average Bonchev–Trinajstić information content (AvgIpc) is 3.65. The van der Waals surface area contributed by atoms with Gasteiger partial charge in [-0.3, -0.25) is 24.2 Å². The quantitative estimate of drug-likeness (QED) is 0.0386. The monoisotopic (exact) mass is 660 g/mol. The Bertz CT molecular complexity index is 1810. The molecule has 0 bridgehead atoms. The first-order chi connectivity index (χ1) is 22.9. The fourth-order valence-corrected chi connectivity index (χ4v) is 5.36. The normalized spacial score (nSPS) is 13.6. The van der Waals surface area contributed by atoms with Crippen LogP contribution in [0.2, 0.25) is 0 Å². The number of rotatable bonds is 17. The van der Waals surface area contributed by atoms with Crippen LogP contribution in [0.1, 0.15) is 30.4 Å². The highest BCUT2D eigenvalue weighted by Gasteiger charge is 2.31. The summed E-state index contributed by atoms with van der Waals surface area (Å²) in [7, 11) is 0. The highest BCUT2D eigenvalue weighted by molar-refractivity contribution is 5.96. The Kier molecular flexibility index (Phi) is 11.7.